The van der Waals surface area contributed by atoms with Crippen molar-refractivity contribution in [3.63, 3.8) is 0 Å². The van der Waals surface area contributed by atoms with E-state index < -0.39 is 16.0 Å². The molecule has 8 nitrogen and oxygen atoms in total. The van der Waals surface area contributed by atoms with Gasteiger partial charge in [-0.15, -0.1) is 0 Å². The van der Waals surface area contributed by atoms with Gasteiger partial charge in [-0.1, -0.05) is 12.1 Å². The fraction of sp³-hybridized carbons (Fsp3) is 0.150. The number of aryl methyl sites for hydroxylation is 3. The summed E-state index contributed by atoms with van der Waals surface area (Å²) in [6.45, 7) is 0. The number of hydrogen-bond donors (Lipinski definition) is 1. The smallest absolute Gasteiger partial charge is 0.335 e. The number of pyridine rings is 2. The van der Waals surface area contributed by atoms with Gasteiger partial charge in [0.1, 0.15) is 0 Å². The molecule has 3 heterocycles. The molecule has 4 aromatic rings. The SMILES string of the molecule is Cn1cc(-c2cc(=O)c([N+](=O)[O-])c(CCc3ccc4ncccc4c3)[nH]2)cn1. The maximum atomic E-state index is 12.4. The highest BCUT2D eigenvalue weighted by molar-refractivity contribution is 5.78. The van der Waals surface area contributed by atoms with Gasteiger partial charge in [-0.05, 0) is 36.6 Å². The number of nitrogens with zero attached hydrogens (tertiary/aromatic N) is 4. The van der Waals surface area contributed by atoms with E-state index in [1.165, 1.54) is 6.07 Å². The average molecular weight is 375 g/mol. The molecule has 0 aliphatic rings. The van der Waals surface area contributed by atoms with E-state index in [1.54, 1.807) is 30.3 Å². The van der Waals surface area contributed by atoms with Crippen molar-refractivity contribution in [1.82, 2.24) is 19.7 Å². The van der Waals surface area contributed by atoms with Crippen LogP contribution in [0.25, 0.3) is 22.2 Å². The van der Waals surface area contributed by atoms with Crippen LogP contribution in [0.1, 0.15) is 11.3 Å². The molecule has 1 aromatic carbocycles. The highest BCUT2D eigenvalue weighted by Gasteiger charge is 2.21. The third-order valence-electron chi connectivity index (χ3n) is 4.61. The van der Waals surface area contributed by atoms with E-state index in [9.17, 15) is 14.9 Å². The molecular weight excluding hydrogens is 358 g/mol. The van der Waals surface area contributed by atoms with E-state index in [0.717, 1.165) is 16.5 Å². The van der Waals surface area contributed by atoms with Crippen LogP contribution in [0.4, 0.5) is 5.69 Å². The Morgan fingerprint density at radius 2 is 2.07 bits per heavy atom. The second kappa shape index (κ2) is 7.07. The van der Waals surface area contributed by atoms with Crippen LogP contribution in [0.2, 0.25) is 0 Å². The van der Waals surface area contributed by atoms with Gasteiger partial charge in [0.05, 0.1) is 28.0 Å². The molecule has 1 N–H and O–H groups in total. The quantitative estimate of drug-likeness (QED) is 0.426. The van der Waals surface area contributed by atoms with Gasteiger partial charge in [-0.3, -0.25) is 24.6 Å². The molecule has 0 atom stereocenters. The lowest BCUT2D eigenvalue weighted by Gasteiger charge is -2.07. The van der Waals surface area contributed by atoms with Crippen LogP contribution in [0.3, 0.4) is 0 Å². The number of rotatable bonds is 5. The van der Waals surface area contributed by atoms with Crippen LogP contribution in [0.5, 0.6) is 0 Å². The van der Waals surface area contributed by atoms with Crippen LogP contribution in [0.15, 0.2) is 59.8 Å². The Morgan fingerprint density at radius 1 is 1.21 bits per heavy atom. The summed E-state index contributed by atoms with van der Waals surface area (Å²) in [6.07, 6.45) is 5.98. The Morgan fingerprint density at radius 3 is 2.82 bits per heavy atom. The Labute approximate surface area is 159 Å². The lowest BCUT2D eigenvalue weighted by molar-refractivity contribution is -0.387. The van der Waals surface area contributed by atoms with Gasteiger partial charge in [0.15, 0.2) is 0 Å². The molecule has 0 amide bonds. The fourth-order valence-corrected chi connectivity index (χ4v) is 3.25. The predicted molar refractivity (Wildman–Crippen MR) is 105 cm³/mol. The highest BCUT2D eigenvalue weighted by Crippen LogP contribution is 2.21. The lowest BCUT2D eigenvalue weighted by Crippen LogP contribution is -2.14. The zero-order chi connectivity index (χ0) is 19.7. The molecule has 140 valence electrons. The maximum absolute atomic E-state index is 12.4. The van der Waals surface area contributed by atoms with Crippen molar-refractivity contribution in [2.75, 3.05) is 0 Å². The molecule has 0 saturated heterocycles. The first-order valence-corrected chi connectivity index (χ1v) is 8.74. The normalized spacial score (nSPS) is 11.0. The van der Waals surface area contributed by atoms with Crippen LogP contribution < -0.4 is 5.43 Å². The number of nitro groups is 1. The molecule has 0 spiro atoms. The Bertz CT molecular complexity index is 1240. The number of hydrogen-bond acceptors (Lipinski definition) is 5. The van der Waals surface area contributed by atoms with Crippen molar-refractivity contribution < 1.29 is 4.92 Å². The predicted octanol–water partition coefficient (Wildman–Crippen LogP) is 3.02. The molecule has 3 aromatic heterocycles. The van der Waals surface area contributed by atoms with Gasteiger partial charge in [0.2, 0.25) is 0 Å². The number of aromatic amines is 1. The van der Waals surface area contributed by atoms with Gasteiger partial charge in [0.25, 0.3) is 5.43 Å². The second-order valence-corrected chi connectivity index (χ2v) is 6.56. The topological polar surface area (TPSA) is 107 Å². The van der Waals surface area contributed by atoms with Crippen LogP contribution in [0, 0.1) is 10.1 Å². The van der Waals surface area contributed by atoms with E-state index in [2.05, 4.69) is 15.1 Å². The highest BCUT2D eigenvalue weighted by atomic mass is 16.6. The molecular formula is C20H17N5O3. The van der Waals surface area contributed by atoms with E-state index in [-0.39, 0.29) is 0 Å². The minimum atomic E-state index is -0.620. The number of benzene rings is 1. The van der Waals surface area contributed by atoms with E-state index in [4.69, 9.17) is 0 Å². The zero-order valence-corrected chi connectivity index (χ0v) is 15.1. The number of H-pyrrole nitrogens is 1. The Hall–Kier alpha value is -3.81. The summed E-state index contributed by atoms with van der Waals surface area (Å²) in [6, 6.07) is 11.0. The molecule has 28 heavy (non-hydrogen) atoms. The third-order valence-corrected chi connectivity index (χ3v) is 4.61. The summed E-state index contributed by atoms with van der Waals surface area (Å²) in [7, 11) is 1.77. The van der Waals surface area contributed by atoms with Gasteiger partial charge < -0.3 is 4.98 Å². The number of fused-ring (bicyclic) bond motifs is 1. The van der Waals surface area contributed by atoms with Crippen molar-refractivity contribution >= 4 is 16.6 Å². The first-order valence-electron chi connectivity index (χ1n) is 8.74. The second-order valence-electron chi connectivity index (χ2n) is 6.56. The standard InChI is InChI=1S/C20H17N5O3/c1-24-12-15(11-22-24)18-10-19(26)20(25(27)28)17(23-18)7-5-13-4-6-16-14(9-13)3-2-8-21-16/h2-4,6,8-12H,5,7H2,1H3,(H,23,26). The molecule has 4 rings (SSSR count). The van der Waals surface area contributed by atoms with Crippen molar-refractivity contribution in [3.05, 3.63) is 86.6 Å². The van der Waals surface area contributed by atoms with E-state index >= 15 is 0 Å². The third kappa shape index (κ3) is 3.39. The number of nitrogens with one attached hydrogen (secondary N) is 1. The largest absolute Gasteiger partial charge is 0.352 e. The van der Waals surface area contributed by atoms with Gasteiger partial charge in [-0.25, -0.2) is 0 Å². The molecule has 0 fully saturated rings. The molecule has 0 unspecified atom stereocenters. The number of aromatic nitrogens is 4. The molecule has 0 aliphatic heterocycles. The van der Waals surface area contributed by atoms with E-state index in [0.29, 0.717) is 29.8 Å². The van der Waals surface area contributed by atoms with Crippen LogP contribution in [-0.2, 0) is 19.9 Å². The minimum absolute atomic E-state index is 0.308. The van der Waals surface area contributed by atoms with Gasteiger partial charge in [0, 0.05) is 36.5 Å². The summed E-state index contributed by atoms with van der Waals surface area (Å²) in [4.78, 5) is 30.6. The van der Waals surface area contributed by atoms with E-state index in [1.807, 2.05) is 30.3 Å². The van der Waals surface area contributed by atoms with Gasteiger partial charge >= 0.3 is 5.69 Å². The van der Waals surface area contributed by atoms with Crippen molar-refractivity contribution in [1.29, 1.82) is 0 Å². The van der Waals surface area contributed by atoms with Crippen LogP contribution in [-0.4, -0.2) is 24.7 Å². The van der Waals surface area contributed by atoms with Gasteiger partial charge in [-0.2, -0.15) is 5.10 Å². The zero-order valence-electron chi connectivity index (χ0n) is 15.1. The summed E-state index contributed by atoms with van der Waals surface area (Å²) < 4.78 is 1.61. The Kier molecular flexibility index (Phi) is 4.44. The first kappa shape index (κ1) is 17.6. The summed E-state index contributed by atoms with van der Waals surface area (Å²) in [5.74, 6) is 0. The summed E-state index contributed by atoms with van der Waals surface area (Å²) in [5, 5.41) is 16.5. The Balaban J connectivity index is 1.69. The van der Waals surface area contributed by atoms with Crippen molar-refractivity contribution in [3.8, 4) is 11.3 Å². The maximum Gasteiger partial charge on any atom is 0.335 e. The average Bonchev–Trinajstić information content (AvgIpc) is 3.12. The van der Waals surface area contributed by atoms with Crippen molar-refractivity contribution in [2.24, 2.45) is 7.05 Å². The molecule has 8 heteroatoms. The summed E-state index contributed by atoms with van der Waals surface area (Å²) in [5.41, 5.74) is 2.42. The molecule has 0 aliphatic carbocycles. The van der Waals surface area contributed by atoms with Crippen molar-refractivity contribution in [2.45, 2.75) is 12.8 Å². The fourth-order valence-electron chi connectivity index (χ4n) is 3.25. The van der Waals surface area contributed by atoms with Crippen LogP contribution >= 0.6 is 0 Å². The first-order chi connectivity index (χ1) is 13.5. The molecule has 0 saturated carbocycles. The molecule has 0 bridgehead atoms. The molecule has 0 radical (unpaired) electrons. The summed E-state index contributed by atoms with van der Waals surface area (Å²) >= 11 is 0. The lowest BCUT2D eigenvalue weighted by atomic mass is 10.0. The minimum Gasteiger partial charge on any atom is -0.352 e. The monoisotopic (exact) mass is 375 g/mol.